The summed E-state index contributed by atoms with van der Waals surface area (Å²) in [6.07, 6.45) is -0.329. The largest absolute Gasteiger partial charge is 0.461 e. The molecule has 2 rings (SSSR count). The van der Waals surface area contributed by atoms with Crippen LogP contribution in [0.3, 0.4) is 0 Å². The van der Waals surface area contributed by atoms with Gasteiger partial charge in [-0.3, -0.25) is 0 Å². The SMILES string of the molecule is CC(O)Cc1ccc(-c2cc(F)c(F)cc2F)o1. The molecule has 0 aliphatic rings. The molecule has 0 saturated carbocycles. The molecule has 0 radical (unpaired) electrons. The minimum atomic E-state index is -1.24. The number of hydrogen-bond acceptors (Lipinski definition) is 2. The molecule has 0 fully saturated rings. The lowest BCUT2D eigenvalue weighted by Crippen LogP contribution is -2.02. The van der Waals surface area contributed by atoms with E-state index in [1.807, 2.05) is 0 Å². The Hall–Kier alpha value is -1.75. The Bertz CT molecular complexity index is 561. The first-order chi connectivity index (χ1) is 8.47. The van der Waals surface area contributed by atoms with Gasteiger partial charge in [-0.1, -0.05) is 0 Å². The van der Waals surface area contributed by atoms with Crippen molar-refractivity contribution < 1.29 is 22.7 Å². The highest BCUT2D eigenvalue weighted by atomic mass is 19.2. The Morgan fingerprint density at radius 3 is 2.44 bits per heavy atom. The van der Waals surface area contributed by atoms with Crippen molar-refractivity contribution in [2.75, 3.05) is 0 Å². The normalized spacial score (nSPS) is 12.7. The first kappa shape index (κ1) is 12.7. The average molecular weight is 256 g/mol. The fourth-order valence-corrected chi connectivity index (χ4v) is 1.63. The summed E-state index contributed by atoms with van der Waals surface area (Å²) in [5.74, 6) is -2.73. The van der Waals surface area contributed by atoms with Gasteiger partial charge in [0.05, 0.1) is 11.7 Å². The summed E-state index contributed by atoms with van der Waals surface area (Å²) in [4.78, 5) is 0. The summed E-state index contributed by atoms with van der Waals surface area (Å²) in [7, 11) is 0. The van der Waals surface area contributed by atoms with Gasteiger partial charge in [-0.2, -0.15) is 0 Å². The molecule has 5 heteroatoms. The lowest BCUT2D eigenvalue weighted by Gasteiger charge is -2.02. The van der Waals surface area contributed by atoms with Crippen LogP contribution in [-0.4, -0.2) is 11.2 Å². The van der Waals surface area contributed by atoms with E-state index in [2.05, 4.69) is 0 Å². The van der Waals surface area contributed by atoms with Crippen molar-refractivity contribution in [2.24, 2.45) is 0 Å². The van der Waals surface area contributed by atoms with Crippen LogP contribution < -0.4 is 0 Å². The molecule has 1 N–H and O–H groups in total. The van der Waals surface area contributed by atoms with Crippen LogP contribution in [-0.2, 0) is 6.42 Å². The lowest BCUT2D eigenvalue weighted by atomic mass is 10.1. The molecule has 0 amide bonds. The molecule has 96 valence electrons. The second-order valence-electron chi connectivity index (χ2n) is 4.07. The van der Waals surface area contributed by atoms with E-state index in [-0.39, 0.29) is 17.7 Å². The molecule has 0 saturated heterocycles. The average Bonchev–Trinajstić information content (AvgIpc) is 2.70. The van der Waals surface area contributed by atoms with Crippen molar-refractivity contribution in [3.8, 4) is 11.3 Å². The molecule has 0 aliphatic carbocycles. The summed E-state index contributed by atoms with van der Waals surface area (Å²) < 4.78 is 44.6. The molecule has 1 aromatic carbocycles. The van der Waals surface area contributed by atoms with E-state index < -0.39 is 23.6 Å². The molecule has 1 heterocycles. The zero-order valence-electron chi connectivity index (χ0n) is 9.58. The number of aliphatic hydroxyl groups is 1. The first-order valence-electron chi connectivity index (χ1n) is 5.39. The fourth-order valence-electron chi connectivity index (χ4n) is 1.63. The molecular weight excluding hydrogens is 245 g/mol. The second-order valence-corrected chi connectivity index (χ2v) is 4.07. The number of aliphatic hydroxyl groups excluding tert-OH is 1. The minimum Gasteiger partial charge on any atom is -0.461 e. The third-order valence-electron chi connectivity index (χ3n) is 2.43. The van der Waals surface area contributed by atoms with Gasteiger partial charge < -0.3 is 9.52 Å². The van der Waals surface area contributed by atoms with Crippen LogP contribution in [0, 0.1) is 17.5 Å². The maximum absolute atomic E-state index is 13.5. The van der Waals surface area contributed by atoms with Crippen LogP contribution >= 0.6 is 0 Å². The lowest BCUT2D eigenvalue weighted by molar-refractivity contribution is 0.187. The molecule has 1 unspecified atom stereocenters. The molecule has 1 atom stereocenters. The number of benzene rings is 1. The first-order valence-corrected chi connectivity index (χ1v) is 5.39. The number of halogens is 3. The summed E-state index contributed by atoms with van der Waals surface area (Å²) >= 11 is 0. The van der Waals surface area contributed by atoms with Crippen molar-refractivity contribution in [1.29, 1.82) is 0 Å². The Morgan fingerprint density at radius 1 is 1.11 bits per heavy atom. The topological polar surface area (TPSA) is 33.4 Å². The predicted octanol–water partition coefficient (Wildman–Crippen LogP) is 3.29. The van der Waals surface area contributed by atoms with Crippen LogP contribution in [0.5, 0.6) is 0 Å². The van der Waals surface area contributed by atoms with E-state index in [0.29, 0.717) is 11.8 Å². The van der Waals surface area contributed by atoms with E-state index >= 15 is 0 Å². The number of hydrogen-bond donors (Lipinski definition) is 1. The number of furan rings is 1. The van der Waals surface area contributed by atoms with Crippen LogP contribution in [0.1, 0.15) is 12.7 Å². The van der Waals surface area contributed by atoms with Gasteiger partial charge in [0.2, 0.25) is 0 Å². The molecular formula is C13H11F3O2. The summed E-state index contributed by atoms with van der Waals surface area (Å²) in [6, 6.07) is 4.23. The van der Waals surface area contributed by atoms with Crippen molar-refractivity contribution in [1.82, 2.24) is 0 Å². The fraction of sp³-hybridized carbons (Fsp3) is 0.231. The van der Waals surface area contributed by atoms with Crippen molar-refractivity contribution >= 4 is 0 Å². The molecule has 2 aromatic rings. The second kappa shape index (κ2) is 4.86. The molecule has 0 spiro atoms. The Kier molecular flexibility index (Phi) is 3.43. The van der Waals surface area contributed by atoms with Crippen LogP contribution in [0.15, 0.2) is 28.7 Å². The summed E-state index contributed by atoms with van der Waals surface area (Å²) in [5, 5.41) is 9.18. The van der Waals surface area contributed by atoms with Crippen LogP contribution in [0.2, 0.25) is 0 Å². The smallest absolute Gasteiger partial charge is 0.161 e. The quantitative estimate of drug-likeness (QED) is 0.855. The van der Waals surface area contributed by atoms with E-state index in [4.69, 9.17) is 4.42 Å². The van der Waals surface area contributed by atoms with Gasteiger partial charge in [0.15, 0.2) is 11.6 Å². The van der Waals surface area contributed by atoms with E-state index in [1.54, 1.807) is 13.0 Å². The van der Waals surface area contributed by atoms with E-state index in [9.17, 15) is 18.3 Å². The zero-order valence-corrected chi connectivity index (χ0v) is 9.58. The van der Waals surface area contributed by atoms with Gasteiger partial charge in [0, 0.05) is 12.5 Å². The predicted molar refractivity (Wildman–Crippen MR) is 59.4 cm³/mol. The Balaban J connectivity index is 2.37. The highest BCUT2D eigenvalue weighted by molar-refractivity contribution is 5.58. The van der Waals surface area contributed by atoms with Gasteiger partial charge in [-0.05, 0) is 25.1 Å². The maximum atomic E-state index is 13.5. The van der Waals surface area contributed by atoms with Gasteiger partial charge in [0.25, 0.3) is 0 Å². The van der Waals surface area contributed by atoms with Crippen LogP contribution in [0.25, 0.3) is 11.3 Å². The third kappa shape index (κ3) is 2.56. The standard InChI is InChI=1S/C13H11F3O2/c1-7(17)4-8-2-3-13(18-8)9-5-11(15)12(16)6-10(9)14/h2-3,5-7,17H,4H2,1H3. The molecule has 2 nitrogen and oxygen atoms in total. The maximum Gasteiger partial charge on any atom is 0.161 e. The Labute approximate surface area is 102 Å². The van der Waals surface area contributed by atoms with Gasteiger partial charge in [-0.15, -0.1) is 0 Å². The molecule has 0 aliphatic heterocycles. The Morgan fingerprint density at radius 2 is 1.78 bits per heavy atom. The van der Waals surface area contributed by atoms with Gasteiger partial charge >= 0.3 is 0 Å². The van der Waals surface area contributed by atoms with Gasteiger partial charge in [0.1, 0.15) is 17.3 Å². The van der Waals surface area contributed by atoms with E-state index in [1.165, 1.54) is 6.07 Å². The number of rotatable bonds is 3. The van der Waals surface area contributed by atoms with Crippen molar-refractivity contribution in [2.45, 2.75) is 19.4 Å². The summed E-state index contributed by atoms with van der Waals surface area (Å²) in [6.45, 7) is 1.58. The molecule has 1 aromatic heterocycles. The summed E-state index contributed by atoms with van der Waals surface area (Å²) in [5.41, 5.74) is -0.147. The van der Waals surface area contributed by atoms with Gasteiger partial charge in [-0.25, -0.2) is 13.2 Å². The molecule has 0 bridgehead atoms. The monoisotopic (exact) mass is 256 g/mol. The minimum absolute atomic E-state index is 0.0991. The van der Waals surface area contributed by atoms with Crippen LogP contribution in [0.4, 0.5) is 13.2 Å². The third-order valence-corrected chi connectivity index (χ3v) is 2.43. The molecule has 18 heavy (non-hydrogen) atoms. The highest BCUT2D eigenvalue weighted by Crippen LogP contribution is 2.27. The highest BCUT2D eigenvalue weighted by Gasteiger charge is 2.15. The zero-order chi connectivity index (χ0) is 13.3. The van der Waals surface area contributed by atoms with E-state index in [0.717, 1.165) is 6.07 Å². The van der Waals surface area contributed by atoms with Crippen molar-refractivity contribution in [3.05, 3.63) is 47.5 Å². The van der Waals surface area contributed by atoms with Crippen molar-refractivity contribution in [3.63, 3.8) is 0 Å².